The van der Waals surface area contributed by atoms with Crippen molar-refractivity contribution in [3.05, 3.63) is 35.4 Å². The van der Waals surface area contributed by atoms with E-state index in [1.807, 2.05) is 38.1 Å². The number of sulfonamides is 1. The lowest BCUT2D eigenvalue weighted by atomic mass is 10.1. The highest BCUT2D eigenvalue weighted by Gasteiger charge is 2.13. The van der Waals surface area contributed by atoms with Crippen molar-refractivity contribution in [2.24, 2.45) is 4.99 Å². The van der Waals surface area contributed by atoms with Crippen molar-refractivity contribution >= 4 is 40.0 Å². The standard InChI is InChI=1S/C15H24N4O2S.HI/c1-11(2)19-22(20,21)10-14-6-4-13(5-7-14)9-17-15-16-8-12(3)18-15;/h4-7,11-12,19H,8-10H2,1-3H3,(H2,16,17,18);1H. The maximum absolute atomic E-state index is 11.9. The molecular weight excluding hydrogens is 427 g/mol. The van der Waals surface area contributed by atoms with Crippen LogP contribution >= 0.6 is 24.0 Å². The van der Waals surface area contributed by atoms with E-state index in [0.717, 1.165) is 23.6 Å². The summed E-state index contributed by atoms with van der Waals surface area (Å²) in [5.41, 5.74) is 1.86. The van der Waals surface area contributed by atoms with Gasteiger partial charge in [0.2, 0.25) is 10.0 Å². The quantitative estimate of drug-likeness (QED) is 0.573. The summed E-state index contributed by atoms with van der Waals surface area (Å²) in [5.74, 6) is 0.824. The lowest BCUT2D eigenvalue weighted by Crippen LogP contribution is -2.37. The van der Waals surface area contributed by atoms with E-state index in [1.165, 1.54) is 0 Å². The van der Waals surface area contributed by atoms with Gasteiger partial charge in [0.05, 0.1) is 12.3 Å². The van der Waals surface area contributed by atoms with Crippen molar-refractivity contribution in [2.45, 2.75) is 45.2 Å². The summed E-state index contributed by atoms with van der Waals surface area (Å²) in [4.78, 5) is 4.33. The molecule has 1 aliphatic heterocycles. The van der Waals surface area contributed by atoms with Gasteiger partial charge < -0.3 is 10.6 Å². The van der Waals surface area contributed by atoms with Crippen LogP contribution in [0, 0.1) is 0 Å². The fourth-order valence-electron chi connectivity index (χ4n) is 2.22. The molecule has 0 saturated carbocycles. The largest absolute Gasteiger partial charge is 0.352 e. The summed E-state index contributed by atoms with van der Waals surface area (Å²) in [6.45, 7) is 7.16. The number of nitrogens with one attached hydrogen (secondary N) is 3. The molecule has 0 saturated heterocycles. The molecule has 0 aliphatic carbocycles. The molecule has 130 valence electrons. The molecule has 1 aliphatic rings. The Bertz CT molecular complexity index is 629. The molecule has 8 heteroatoms. The van der Waals surface area contributed by atoms with Crippen molar-refractivity contribution in [3.63, 3.8) is 0 Å². The van der Waals surface area contributed by atoms with E-state index < -0.39 is 10.0 Å². The van der Waals surface area contributed by atoms with Crippen LogP contribution in [0.2, 0.25) is 0 Å². The van der Waals surface area contributed by atoms with Crippen LogP contribution in [0.25, 0.3) is 0 Å². The lowest BCUT2D eigenvalue weighted by Gasteiger charge is -2.11. The Morgan fingerprint density at radius 2 is 1.87 bits per heavy atom. The van der Waals surface area contributed by atoms with Gasteiger partial charge in [-0.25, -0.2) is 13.1 Å². The number of hydrogen-bond acceptors (Lipinski definition) is 5. The van der Waals surface area contributed by atoms with Crippen LogP contribution in [-0.4, -0.2) is 33.0 Å². The molecule has 3 N–H and O–H groups in total. The van der Waals surface area contributed by atoms with Crippen LogP contribution in [0.4, 0.5) is 0 Å². The first-order valence-electron chi connectivity index (χ1n) is 7.47. The van der Waals surface area contributed by atoms with E-state index in [2.05, 4.69) is 27.3 Å². The van der Waals surface area contributed by atoms with Crippen molar-refractivity contribution in [1.82, 2.24) is 15.4 Å². The molecule has 1 aromatic rings. The second-order valence-corrected chi connectivity index (χ2v) is 7.69. The molecule has 0 bridgehead atoms. The zero-order valence-corrected chi connectivity index (χ0v) is 16.8. The van der Waals surface area contributed by atoms with Crippen LogP contribution in [0.5, 0.6) is 0 Å². The predicted octanol–water partition coefficient (Wildman–Crippen LogP) is 1.57. The Kier molecular flexibility index (Phi) is 7.75. The Balaban J connectivity index is 0.00000264. The van der Waals surface area contributed by atoms with E-state index in [9.17, 15) is 8.42 Å². The molecule has 1 heterocycles. The van der Waals surface area contributed by atoms with Gasteiger partial charge in [-0.05, 0) is 31.9 Å². The number of aliphatic imine (C=N–C) groups is 1. The Morgan fingerprint density at radius 1 is 1.26 bits per heavy atom. The maximum atomic E-state index is 11.9. The number of halogens is 1. The average Bonchev–Trinajstić information content (AvgIpc) is 2.82. The van der Waals surface area contributed by atoms with Gasteiger partial charge in [-0.3, -0.25) is 4.99 Å². The third kappa shape index (κ3) is 7.05. The highest BCUT2D eigenvalue weighted by atomic mass is 127. The van der Waals surface area contributed by atoms with Gasteiger partial charge in [-0.2, -0.15) is 0 Å². The van der Waals surface area contributed by atoms with Crippen LogP contribution in [0.15, 0.2) is 29.3 Å². The molecule has 0 amide bonds. The zero-order chi connectivity index (χ0) is 16.2. The van der Waals surface area contributed by atoms with Gasteiger partial charge in [0, 0.05) is 18.6 Å². The minimum Gasteiger partial charge on any atom is -0.352 e. The molecule has 0 aromatic heterocycles. The SMILES string of the molecule is CC(C)NS(=O)(=O)Cc1ccc(CNC2=NCC(C)N2)cc1.I. The fourth-order valence-corrected chi connectivity index (χ4v) is 3.65. The predicted molar refractivity (Wildman–Crippen MR) is 104 cm³/mol. The molecule has 6 nitrogen and oxygen atoms in total. The van der Waals surface area contributed by atoms with Crippen LogP contribution in [-0.2, 0) is 22.3 Å². The fraction of sp³-hybridized carbons (Fsp3) is 0.533. The molecule has 1 aromatic carbocycles. The number of benzene rings is 1. The van der Waals surface area contributed by atoms with E-state index in [4.69, 9.17) is 0 Å². The molecular formula is C15H25IN4O2S. The molecule has 0 fully saturated rings. The minimum absolute atomic E-state index is 0. The van der Waals surface area contributed by atoms with E-state index in [1.54, 1.807) is 0 Å². The van der Waals surface area contributed by atoms with Gasteiger partial charge in [0.25, 0.3) is 0 Å². The molecule has 1 atom stereocenters. The zero-order valence-electron chi connectivity index (χ0n) is 13.7. The van der Waals surface area contributed by atoms with Crippen molar-refractivity contribution < 1.29 is 8.42 Å². The maximum Gasteiger partial charge on any atom is 0.216 e. The second-order valence-electron chi connectivity index (χ2n) is 5.94. The van der Waals surface area contributed by atoms with Gasteiger partial charge in [0.15, 0.2) is 5.96 Å². The molecule has 0 radical (unpaired) electrons. The smallest absolute Gasteiger partial charge is 0.216 e. The average molecular weight is 452 g/mol. The monoisotopic (exact) mass is 452 g/mol. The topological polar surface area (TPSA) is 82.6 Å². The summed E-state index contributed by atoms with van der Waals surface area (Å²) < 4.78 is 26.3. The third-order valence-corrected chi connectivity index (χ3v) is 4.71. The van der Waals surface area contributed by atoms with Gasteiger partial charge in [-0.15, -0.1) is 24.0 Å². The van der Waals surface area contributed by atoms with Crippen molar-refractivity contribution in [3.8, 4) is 0 Å². The third-order valence-electron chi connectivity index (χ3n) is 3.16. The van der Waals surface area contributed by atoms with Gasteiger partial charge in [-0.1, -0.05) is 24.3 Å². The summed E-state index contributed by atoms with van der Waals surface area (Å²) in [5, 5.41) is 6.47. The summed E-state index contributed by atoms with van der Waals surface area (Å²) in [7, 11) is -3.27. The molecule has 23 heavy (non-hydrogen) atoms. The Labute approximate surface area is 155 Å². The summed E-state index contributed by atoms with van der Waals surface area (Å²) >= 11 is 0. The van der Waals surface area contributed by atoms with Crippen LogP contribution in [0.1, 0.15) is 31.9 Å². The van der Waals surface area contributed by atoms with E-state index in [0.29, 0.717) is 12.6 Å². The number of guanidine groups is 1. The minimum atomic E-state index is -3.27. The second kappa shape index (κ2) is 8.84. The number of hydrogen-bond donors (Lipinski definition) is 3. The van der Waals surface area contributed by atoms with Crippen LogP contribution < -0.4 is 15.4 Å². The molecule has 1 unspecified atom stereocenters. The van der Waals surface area contributed by atoms with Crippen molar-refractivity contribution in [1.29, 1.82) is 0 Å². The molecule has 2 rings (SSSR count). The van der Waals surface area contributed by atoms with Gasteiger partial charge >= 0.3 is 0 Å². The Morgan fingerprint density at radius 3 is 2.39 bits per heavy atom. The number of nitrogens with zero attached hydrogens (tertiary/aromatic N) is 1. The number of rotatable bonds is 6. The highest BCUT2D eigenvalue weighted by Crippen LogP contribution is 2.08. The highest BCUT2D eigenvalue weighted by molar-refractivity contribution is 14.0. The summed E-state index contributed by atoms with van der Waals surface area (Å²) in [6.07, 6.45) is 0. The first kappa shape index (κ1) is 20.2. The summed E-state index contributed by atoms with van der Waals surface area (Å²) in [6, 6.07) is 7.86. The lowest BCUT2D eigenvalue weighted by molar-refractivity contribution is 0.569. The molecule has 0 spiro atoms. The first-order chi connectivity index (χ1) is 10.3. The van der Waals surface area contributed by atoms with E-state index >= 15 is 0 Å². The Hall–Kier alpha value is -0.870. The van der Waals surface area contributed by atoms with Crippen LogP contribution in [0.3, 0.4) is 0 Å². The first-order valence-corrected chi connectivity index (χ1v) is 9.12. The van der Waals surface area contributed by atoms with Crippen molar-refractivity contribution in [2.75, 3.05) is 6.54 Å². The van der Waals surface area contributed by atoms with E-state index in [-0.39, 0.29) is 35.8 Å². The van der Waals surface area contributed by atoms with Gasteiger partial charge in [0.1, 0.15) is 0 Å². The normalized spacial score (nSPS) is 17.4.